The van der Waals surface area contributed by atoms with Gasteiger partial charge in [-0.05, 0) is 53.5 Å². The number of halogens is 1. The summed E-state index contributed by atoms with van der Waals surface area (Å²) in [5, 5.41) is 13.6. The zero-order chi connectivity index (χ0) is 22.1. The molecule has 1 unspecified atom stereocenters. The fraction of sp³-hybridized carbons (Fsp3) is 0.348. The van der Waals surface area contributed by atoms with Gasteiger partial charge in [0.1, 0.15) is 34.8 Å². The molecule has 0 bridgehead atoms. The van der Waals surface area contributed by atoms with Crippen molar-refractivity contribution in [3.8, 4) is 17.6 Å². The van der Waals surface area contributed by atoms with Crippen molar-refractivity contribution in [2.24, 2.45) is 5.92 Å². The second-order valence-electron chi connectivity index (χ2n) is 7.77. The van der Waals surface area contributed by atoms with E-state index in [-0.39, 0.29) is 24.0 Å². The quantitative estimate of drug-likeness (QED) is 0.521. The highest BCUT2D eigenvalue weighted by Gasteiger charge is 2.37. The third-order valence-electron chi connectivity index (χ3n) is 5.89. The van der Waals surface area contributed by atoms with Crippen LogP contribution < -0.4 is 9.47 Å². The number of nitriles is 1. The van der Waals surface area contributed by atoms with E-state index in [9.17, 15) is 10.1 Å². The molecule has 0 radical (unpaired) electrons. The van der Waals surface area contributed by atoms with Crippen molar-refractivity contribution < 1.29 is 14.3 Å². The van der Waals surface area contributed by atoms with Crippen molar-refractivity contribution in [3.05, 3.63) is 58.3 Å². The number of amides is 1. The zero-order valence-corrected chi connectivity index (χ0v) is 19.2. The molecule has 0 saturated carbocycles. The lowest BCUT2D eigenvalue weighted by Crippen LogP contribution is -2.31. The minimum absolute atomic E-state index is 0.0341. The largest absolute Gasteiger partial charge is 0.497 e. The fourth-order valence-corrected chi connectivity index (χ4v) is 4.43. The van der Waals surface area contributed by atoms with Crippen molar-refractivity contribution in [1.29, 1.82) is 5.26 Å². The number of benzene rings is 1. The Bertz CT molecular complexity index is 1150. The van der Waals surface area contributed by atoms with Crippen LogP contribution in [0.2, 0.25) is 0 Å². The molecule has 1 saturated heterocycles. The van der Waals surface area contributed by atoms with E-state index in [1.54, 1.807) is 17.8 Å². The zero-order valence-electron chi connectivity index (χ0n) is 17.6. The number of nitrogens with zero attached hydrogens (tertiary/aromatic N) is 4. The number of methoxy groups -OCH3 is 1. The van der Waals surface area contributed by atoms with Gasteiger partial charge < -0.3 is 14.4 Å². The molecule has 4 rings (SSSR count). The summed E-state index contributed by atoms with van der Waals surface area (Å²) in [7, 11) is 1.64. The van der Waals surface area contributed by atoms with Gasteiger partial charge in [-0.3, -0.25) is 4.79 Å². The molecule has 1 aliphatic rings. The van der Waals surface area contributed by atoms with Gasteiger partial charge in [0.15, 0.2) is 0 Å². The van der Waals surface area contributed by atoms with Crippen molar-refractivity contribution in [2.45, 2.75) is 32.4 Å². The van der Waals surface area contributed by atoms with Gasteiger partial charge >= 0.3 is 0 Å². The van der Waals surface area contributed by atoms with Crippen LogP contribution in [0.5, 0.6) is 11.5 Å². The van der Waals surface area contributed by atoms with Gasteiger partial charge in [0, 0.05) is 29.6 Å². The molecular weight excluding hydrogens is 460 g/mol. The molecule has 0 N–H and O–H groups in total. The Morgan fingerprint density at radius 3 is 2.71 bits per heavy atom. The van der Waals surface area contributed by atoms with E-state index in [0.29, 0.717) is 29.8 Å². The maximum absolute atomic E-state index is 12.8. The predicted octanol–water partition coefficient (Wildman–Crippen LogP) is 4.35. The van der Waals surface area contributed by atoms with Crippen LogP contribution in [0.4, 0.5) is 0 Å². The Morgan fingerprint density at radius 2 is 2.03 bits per heavy atom. The van der Waals surface area contributed by atoms with Crippen LogP contribution in [0.25, 0.3) is 5.52 Å². The van der Waals surface area contributed by atoms with Crippen LogP contribution >= 0.6 is 15.9 Å². The highest BCUT2D eigenvalue weighted by atomic mass is 79.9. The normalized spacial score (nSPS) is 18.1. The highest BCUT2D eigenvalue weighted by molar-refractivity contribution is 9.10. The molecule has 3 atom stereocenters. The molecule has 31 heavy (non-hydrogen) atoms. The number of likely N-dealkylation sites (tertiary alicyclic amines) is 1. The Balaban J connectivity index is 1.51. The summed E-state index contributed by atoms with van der Waals surface area (Å²) in [6.45, 7) is 4.62. The fourth-order valence-electron chi connectivity index (χ4n) is 4.03. The lowest BCUT2D eigenvalue weighted by molar-refractivity contribution is -0.129. The first-order valence-electron chi connectivity index (χ1n) is 10.1. The van der Waals surface area contributed by atoms with Crippen LogP contribution in [0.3, 0.4) is 0 Å². The van der Waals surface area contributed by atoms with Crippen molar-refractivity contribution >= 4 is 27.4 Å². The number of carbonyl (C=O) groups is 1. The van der Waals surface area contributed by atoms with E-state index in [1.807, 2.05) is 49.1 Å². The number of hydrogen-bond donors (Lipinski definition) is 0. The molecular formula is C23H23BrN4O3. The Kier molecular flexibility index (Phi) is 5.88. The van der Waals surface area contributed by atoms with E-state index < -0.39 is 0 Å². The molecule has 1 aromatic carbocycles. The van der Waals surface area contributed by atoms with E-state index in [4.69, 9.17) is 9.47 Å². The van der Waals surface area contributed by atoms with Gasteiger partial charge in [0.2, 0.25) is 5.91 Å². The Morgan fingerprint density at radius 1 is 1.29 bits per heavy atom. The molecule has 1 aliphatic heterocycles. The number of rotatable bonds is 6. The average Bonchev–Trinajstić information content (AvgIpc) is 3.36. The SMILES string of the molecule is COc1ccc([C@@H](C)N2CC([C@@H](C)Oc3cc(Br)cn4ncc(C#N)c34)CC2=O)cc1. The molecule has 0 aliphatic carbocycles. The topological polar surface area (TPSA) is 79.9 Å². The van der Waals surface area contributed by atoms with Crippen LogP contribution in [-0.2, 0) is 4.79 Å². The van der Waals surface area contributed by atoms with E-state index in [0.717, 1.165) is 15.8 Å². The second-order valence-corrected chi connectivity index (χ2v) is 8.68. The van der Waals surface area contributed by atoms with Crippen molar-refractivity contribution in [2.75, 3.05) is 13.7 Å². The minimum Gasteiger partial charge on any atom is -0.497 e. The molecule has 0 spiro atoms. The van der Waals surface area contributed by atoms with Gasteiger partial charge in [0.25, 0.3) is 0 Å². The molecule has 1 amide bonds. The lowest BCUT2D eigenvalue weighted by Gasteiger charge is -2.27. The number of ether oxygens (including phenoxy) is 2. The van der Waals surface area contributed by atoms with Gasteiger partial charge in [-0.15, -0.1) is 0 Å². The summed E-state index contributed by atoms with van der Waals surface area (Å²) in [6.07, 6.45) is 3.52. The smallest absolute Gasteiger partial charge is 0.223 e. The number of carbonyl (C=O) groups excluding carboxylic acids is 1. The Hall–Kier alpha value is -3.05. The first-order valence-corrected chi connectivity index (χ1v) is 10.9. The molecule has 8 heteroatoms. The van der Waals surface area contributed by atoms with Crippen molar-refractivity contribution in [3.63, 3.8) is 0 Å². The van der Waals surface area contributed by atoms with Crippen LogP contribution in [0.15, 0.2) is 47.2 Å². The molecule has 2 aromatic heterocycles. The van der Waals surface area contributed by atoms with Gasteiger partial charge in [-0.25, -0.2) is 4.52 Å². The maximum atomic E-state index is 12.8. The summed E-state index contributed by atoms with van der Waals surface area (Å²) >= 11 is 3.47. The average molecular weight is 483 g/mol. The molecule has 3 aromatic rings. The number of fused-ring (bicyclic) bond motifs is 1. The summed E-state index contributed by atoms with van der Waals surface area (Å²) in [4.78, 5) is 14.7. The third-order valence-corrected chi connectivity index (χ3v) is 6.33. The summed E-state index contributed by atoms with van der Waals surface area (Å²) in [5.41, 5.74) is 2.15. The number of pyridine rings is 1. The van der Waals surface area contributed by atoms with Crippen molar-refractivity contribution in [1.82, 2.24) is 14.5 Å². The molecule has 7 nitrogen and oxygen atoms in total. The lowest BCUT2D eigenvalue weighted by atomic mass is 10.0. The second kappa shape index (κ2) is 8.60. The third kappa shape index (κ3) is 4.10. The molecule has 3 heterocycles. The summed E-state index contributed by atoms with van der Waals surface area (Å²) in [6, 6.07) is 11.8. The maximum Gasteiger partial charge on any atom is 0.223 e. The first kappa shape index (κ1) is 21.2. The number of hydrogen-bond acceptors (Lipinski definition) is 5. The first-order chi connectivity index (χ1) is 14.9. The monoisotopic (exact) mass is 482 g/mol. The summed E-state index contributed by atoms with van der Waals surface area (Å²) < 4.78 is 13.9. The summed E-state index contributed by atoms with van der Waals surface area (Å²) in [5.74, 6) is 1.52. The van der Waals surface area contributed by atoms with Crippen LogP contribution in [0, 0.1) is 17.2 Å². The van der Waals surface area contributed by atoms with Crippen LogP contribution in [0.1, 0.15) is 37.4 Å². The minimum atomic E-state index is -0.212. The van der Waals surface area contributed by atoms with Gasteiger partial charge in [-0.1, -0.05) is 12.1 Å². The predicted molar refractivity (Wildman–Crippen MR) is 119 cm³/mol. The van der Waals surface area contributed by atoms with E-state index >= 15 is 0 Å². The van der Waals surface area contributed by atoms with E-state index in [1.165, 1.54) is 6.20 Å². The van der Waals surface area contributed by atoms with Crippen LogP contribution in [-0.4, -0.2) is 40.2 Å². The highest BCUT2D eigenvalue weighted by Crippen LogP contribution is 2.34. The Labute approximate surface area is 189 Å². The molecule has 1 fully saturated rings. The van der Waals surface area contributed by atoms with E-state index in [2.05, 4.69) is 27.1 Å². The van der Waals surface area contributed by atoms with Gasteiger partial charge in [0.05, 0.1) is 19.3 Å². The molecule has 160 valence electrons. The number of aromatic nitrogens is 2. The van der Waals surface area contributed by atoms with Gasteiger partial charge in [-0.2, -0.15) is 10.4 Å². The standard InChI is InChI=1S/C23H23BrN4O3/c1-14(16-4-6-20(30-3)7-5-16)27-12-17(8-22(27)29)15(2)31-21-9-19(24)13-28-23(21)18(10-25)11-26-28/h4-7,9,11,13-15,17H,8,12H2,1-3H3/t14-,15-,17?/m1/s1.